The normalized spacial score (nSPS) is 10.6. The summed E-state index contributed by atoms with van der Waals surface area (Å²) in [5.41, 5.74) is 0.722. The highest BCUT2D eigenvalue weighted by Crippen LogP contribution is 2.33. The summed E-state index contributed by atoms with van der Waals surface area (Å²) in [5, 5.41) is 0.894. The van der Waals surface area contributed by atoms with Crippen LogP contribution in [0.2, 0.25) is 0 Å². The van der Waals surface area contributed by atoms with Crippen molar-refractivity contribution < 1.29 is 18.7 Å². The third-order valence-electron chi connectivity index (χ3n) is 3.28. The van der Waals surface area contributed by atoms with Crippen molar-refractivity contribution in [1.29, 1.82) is 0 Å². The predicted octanol–water partition coefficient (Wildman–Crippen LogP) is 4.27. The van der Waals surface area contributed by atoms with Gasteiger partial charge < -0.3 is 13.9 Å². The maximum Gasteiger partial charge on any atom is 0.313 e. The van der Waals surface area contributed by atoms with Crippen LogP contribution in [-0.4, -0.2) is 19.2 Å². The van der Waals surface area contributed by atoms with E-state index >= 15 is 0 Å². The molecular weight excluding hydrogens is 280 g/mol. The van der Waals surface area contributed by atoms with Crippen LogP contribution in [0.25, 0.3) is 11.0 Å². The molecule has 2 rings (SSSR count). The second-order valence-electron chi connectivity index (χ2n) is 5.05. The average molecular weight is 302 g/mol. The van der Waals surface area contributed by atoms with Crippen molar-refractivity contribution >= 4 is 16.9 Å². The van der Waals surface area contributed by atoms with Gasteiger partial charge in [-0.1, -0.05) is 44.6 Å². The molecule has 0 spiro atoms. The van der Waals surface area contributed by atoms with Crippen molar-refractivity contribution in [2.24, 2.45) is 0 Å². The van der Waals surface area contributed by atoms with E-state index < -0.39 is 0 Å². The molecule has 2 aromatic rings. The van der Waals surface area contributed by atoms with Gasteiger partial charge in [0, 0.05) is 0 Å². The number of benzene rings is 1. The summed E-state index contributed by atoms with van der Waals surface area (Å²) in [6.07, 6.45) is 4.84. The van der Waals surface area contributed by atoms with Crippen molar-refractivity contribution in [3.05, 3.63) is 42.7 Å². The second-order valence-corrected chi connectivity index (χ2v) is 5.05. The molecule has 0 aliphatic rings. The first-order valence-electron chi connectivity index (χ1n) is 7.66. The number of furan rings is 1. The molecule has 22 heavy (non-hydrogen) atoms. The fourth-order valence-electron chi connectivity index (χ4n) is 2.21. The van der Waals surface area contributed by atoms with Crippen LogP contribution < -0.4 is 4.74 Å². The lowest BCUT2D eigenvalue weighted by molar-refractivity contribution is -0.141. The molecule has 118 valence electrons. The van der Waals surface area contributed by atoms with E-state index in [-0.39, 0.29) is 19.0 Å². The molecule has 0 atom stereocenters. The highest BCUT2D eigenvalue weighted by molar-refractivity contribution is 5.87. The number of carbonyl (C=O) groups excluding carboxylic acids is 1. The van der Waals surface area contributed by atoms with Crippen LogP contribution in [-0.2, 0) is 16.0 Å². The van der Waals surface area contributed by atoms with Crippen LogP contribution in [0.4, 0.5) is 0 Å². The molecule has 0 aliphatic heterocycles. The third kappa shape index (κ3) is 4.13. The number of hydrogen-bond acceptors (Lipinski definition) is 4. The van der Waals surface area contributed by atoms with Crippen molar-refractivity contribution in [2.75, 3.05) is 13.2 Å². The van der Waals surface area contributed by atoms with Crippen molar-refractivity contribution in [3.8, 4) is 5.75 Å². The zero-order valence-electron chi connectivity index (χ0n) is 13.0. The summed E-state index contributed by atoms with van der Waals surface area (Å²) in [6.45, 7) is 6.49. The molecule has 1 aromatic carbocycles. The van der Waals surface area contributed by atoms with Gasteiger partial charge >= 0.3 is 5.97 Å². The Morgan fingerprint density at radius 3 is 2.91 bits per heavy atom. The number of fused-ring (bicyclic) bond motifs is 1. The molecule has 1 aromatic heterocycles. The summed E-state index contributed by atoms with van der Waals surface area (Å²) in [4.78, 5) is 11.8. The number of unbranched alkanes of at least 4 members (excludes halogenated alkanes) is 2. The number of carbonyl (C=O) groups is 1. The van der Waals surface area contributed by atoms with E-state index in [1.54, 1.807) is 6.08 Å². The Kier molecular flexibility index (Phi) is 6.07. The monoisotopic (exact) mass is 302 g/mol. The molecule has 4 heteroatoms. The maximum absolute atomic E-state index is 11.8. The fourth-order valence-corrected chi connectivity index (χ4v) is 2.21. The SMILES string of the molecule is C=CCOC(=O)Cc1oc2ccccc2c1OCCCCC. The first-order chi connectivity index (χ1) is 10.8. The molecule has 0 unspecified atom stereocenters. The van der Waals surface area contributed by atoms with Crippen LogP contribution in [0.15, 0.2) is 41.3 Å². The lowest BCUT2D eigenvalue weighted by atomic mass is 10.2. The molecule has 0 aliphatic carbocycles. The maximum atomic E-state index is 11.8. The molecule has 0 N–H and O–H groups in total. The van der Waals surface area contributed by atoms with Crippen molar-refractivity contribution in [2.45, 2.75) is 32.6 Å². The molecule has 0 amide bonds. The van der Waals surface area contributed by atoms with E-state index in [2.05, 4.69) is 13.5 Å². The zero-order valence-corrected chi connectivity index (χ0v) is 13.0. The summed E-state index contributed by atoms with van der Waals surface area (Å²) in [5.74, 6) is 0.825. The Hall–Kier alpha value is -2.23. The Labute approximate surface area is 130 Å². The van der Waals surface area contributed by atoms with E-state index in [0.717, 1.165) is 30.2 Å². The van der Waals surface area contributed by atoms with E-state index in [4.69, 9.17) is 13.9 Å². The molecular formula is C18H22O4. The van der Waals surface area contributed by atoms with E-state index in [0.29, 0.717) is 18.1 Å². The zero-order chi connectivity index (χ0) is 15.8. The third-order valence-corrected chi connectivity index (χ3v) is 3.28. The average Bonchev–Trinajstić information content (AvgIpc) is 2.87. The summed E-state index contributed by atoms with van der Waals surface area (Å²) >= 11 is 0. The van der Waals surface area contributed by atoms with Gasteiger partial charge in [-0.15, -0.1) is 0 Å². The molecule has 4 nitrogen and oxygen atoms in total. The van der Waals surface area contributed by atoms with Gasteiger partial charge in [-0.2, -0.15) is 0 Å². The van der Waals surface area contributed by atoms with Gasteiger partial charge in [-0.05, 0) is 18.6 Å². The highest BCUT2D eigenvalue weighted by atomic mass is 16.5. The largest absolute Gasteiger partial charge is 0.489 e. The number of para-hydroxylation sites is 1. The van der Waals surface area contributed by atoms with Crippen LogP contribution in [0.5, 0.6) is 5.75 Å². The molecule has 0 saturated heterocycles. The molecule has 1 heterocycles. The van der Waals surface area contributed by atoms with Crippen molar-refractivity contribution in [1.82, 2.24) is 0 Å². The quantitative estimate of drug-likeness (QED) is 0.394. The highest BCUT2D eigenvalue weighted by Gasteiger charge is 2.18. The molecule has 0 saturated carbocycles. The van der Waals surface area contributed by atoms with Gasteiger partial charge in [0.2, 0.25) is 0 Å². The molecule has 0 radical (unpaired) electrons. The van der Waals surface area contributed by atoms with Gasteiger partial charge in [-0.3, -0.25) is 4.79 Å². The van der Waals surface area contributed by atoms with Crippen LogP contribution in [0, 0.1) is 0 Å². The molecule has 0 fully saturated rings. The number of ether oxygens (including phenoxy) is 2. The van der Waals surface area contributed by atoms with Crippen LogP contribution in [0.3, 0.4) is 0 Å². The Morgan fingerprint density at radius 1 is 1.32 bits per heavy atom. The fraction of sp³-hybridized carbons (Fsp3) is 0.389. The Bertz CT molecular complexity index is 627. The number of rotatable bonds is 9. The van der Waals surface area contributed by atoms with Gasteiger partial charge in [0.25, 0.3) is 0 Å². The first-order valence-corrected chi connectivity index (χ1v) is 7.66. The minimum absolute atomic E-state index is 0.0611. The summed E-state index contributed by atoms with van der Waals surface area (Å²) in [6, 6.07) is 7.63. The lowest BCUT2D eigenvalue weighted by Crippen LogP contribution is -2.08. The minimum Gasteiger partial charge on any atom is -0.489 e. The molecule has 0 bridgehead atoms. The number of esters is 1. The van der Waals surface area contributed by atoms with Gasteiger partial charge in [0.1, 0.15) is 18.6 Å². The van der Waals surface area contributed by atoms with Gasteiger partial charge in [0.05, 0.1) is 12.0 Å². The van der Waals surface area contributed by atoms with Crippen LogP contribution in [0.1, 0.15) is 31.9 Å². The Balaban J connectivity index is 2.16. The van der Waals surface area contributed by atoms with E-state index in [9.17, 15) is 4.79 Å². The summed E-state index contributed by atoms with van der Waals surface area (Å²) < 4.78 is 16.6. The standard InChI is InChI=1S/C18H22O4/c1-3-5-8-12-21-18-14-9-6-7-10-15(14)22-16(18)13-17(19)20-11-4-2/h4,6-7,9-10H,2-3,5,8,11-13H2,1H3. The number of hydrogen-bond donors (Lipinski definition) is 0. The summed E-state index contributed by atoms with van der Waals surface area (Å²) in [7, 11) is 0. The van der Waals surface area contributed by atoms with E-state index in [1.165, 1.54) is 0 Å². The smallest absolute Gasteiger partial charge is 0.313 e. The second kappa shape index (κ2) is 8.27. The van der Waals surface area contributed by atoms with E-state index in [1.807, 2.05) is 24.3 Å². The first kappa shape index (κ1) is 16.1. The lowest BCUT2D eigenvalue weighted by Gasteiger charge is -2.06. The predicted molar refractivity (Wildman–Crippen MR) is 86.1 cm³/mol. The van der Waals surface area contributed by atoms with Gasteiger partial charge in [-0.25, -0.2) is 0 Å². The van der Waals surface area contributed by atoms with Gasteiger partial charge in [0.15, 0.2) is 11.5 Å². The van der Waals surface area contributed by atoms with Crippen LogP contribution >= 0.6 is 0 Å². The minimum atomic E-state index is -0.350. The topological polar surface area (TPSA) is 48.7 Å². The van der Waals surface area contributed by atoms with Crippen molar-refractivity contribution in [3.63, 3.8) is 0 Å². The Morgan fingerprint density at radius 2 is 2.14 bits per heavy atom.